The summed E-state index contributed by atoms with van der Waals surface area (Å²) >= 11 is 0. The summed E-state index contributed by atoms with van der Waals surface area (Å²) in [6.07, 6.45) is 6.88. The highest BCUT2D eigenvalue weighted by Gasteiger charge is 2.28. The highest BCUT2D eigenvalue weighted by molar-refractivity contribution is 5.90. The van der Waals surface area contributed by atoms with Crippen LogP contribution in [0.5, 0.6) is 0 Å². The van der Waals surface area contributed by atoms with Gasteiger partial charge in [0.15, 0.2) is 11.7 Å². The summed E-state index contributed by atoms with van der Waals surface area (Å²) in [5.74, 6) is 2.90. The summed E-state index contributed by atoms with van der Waals surface area (Å²) in [4.78, 5) is 16.4. The van der Waals surface area contributed by atoms with Crippen LogP contribution in [0.2, 0.25) is 0 Å². The van der Waals surface area contributed by atoms with E-state index in [0.717, 1.165) is 42.4 Å². The summed E-state index contributed by atoms with van der Waals surface area (Å²) in [5.41, 5.74) is 1.82. The second kappa shape index (κ2) is 6.77. The first-order chi connectivity index (χ1) is 11.8. The number of carbonyl (C=O) groups is 1. The zero-order valence-electron chi connectivity index (χ0n) is 13.8. The van der Waals surface area contributed by atoms with Crippen LogP contribution in [-0.4, -0.2) is 24.0 Å². The van der Waals surface area contributed by atoms with Crippen molar-refractivity contribution < 1.29 is 9.21 Å². The van der Waals surface area contributed by atoms with Crippen LogP contribution >= 0.6 is 0 Å². The number of hydrogen-bond acceptors (Lipinski definition) is 4. The number of aromatic nitrogens is 1. The fourth-order valence-electron chi connectivity index (χ4n) is 3.18. The maximum absolute atomic E-state index is 12.0. The molecule has 1 unspecified atom stereocenters. The summed E-state index contributed by atoms with van der Waals surface area (Å²) in [6, 6.07) is 7.77. The maximum Gasteiger partial charge on any atom is 0.224 e. The van der Waals surface area contributed by atoms with Crippen molar-refractivity contribution in [1.82, 2.24) is 10.3 Å². The zero-order valence-corrected chi connectivity index (χ0v) is 13.8. The summed E-state index contributed by atoms with van der Waals surface area (Å²) in [7, 11) is 0. The molecule has 1 amide bonds. The Bertz CT molecular complexity index is 698. The molecule has 1 aliphatic heterocycles. The molecule has 0 spiro atoms. The van der Waals surface area contributed by atoms with Crippen molar-refractivity contribution in [2.45, 2.75) is 38.0 Å². The third-order valence-corrected chi connectivity index (χ3v) is 4.85. The van der Waals surface area contributed by atoms with Crippen molar-refractivity contribution in [1.29, 1.82) is 0 Å². The van der Waals surface area contributed by atoms with E-state index in [-0.39, 0.29) is 5.91 Å². The lowest BCUT2D eigenvalue weighted by Gasteiger charge is -2.09. The van der Waals surface area contributed by atoms with Crippen molar-refractivity contribution >= 4 is 11.6 Å². The van der Waals surface area contributed by atoms with Gasteiger partial charge in [0.25, 0.3) is 0 Å². The smallest absolute Gasteiger partial charge is 0.224 e. The Morgan fingerprint density at radius 1 is 1.25 bits per heavy atom. The van der Waals surface area contributed by atoms with Gasteiger partial charge in [0.05, 0.1) is 6.20 Å². The second-order valence-electron chi connectivity index (χ2n) is 6.86. The average molecular weight is 325 g/mol. The Morgan fingerprint density at radius 2 is 2.08 bits per heavy atom. The van der Waals surface area contributed by atoms with E-state index in [4.69, 9.17) is 4.42 Å². The van der Waals surface area contributed by atoms with Crippen molar-refractivity contribution in [3.8, 4) is 11.3 Å². The topological polar surface area (TPSA) is 67.2 Å². The SMILES string of the molecule is O=C(CCC1CCNC1)Nc1ccc(-c2cnc(C3CC3)o2)cc1. The van der Waals surface area contributed by atoms with E-state index in [2.05, 4.69) is 15.6 Å². The van der Waals surface area contributed by atoms with E-state index in [1.54, 1.807) is 6.20 Å². The number of nitrogens with zero attached hydrogens (tertiary/aromatic N) is 1. The third-order valence-electron chi connectivity index (χ3n) is 4.85. The number of rotatable bonds is 6. The molecule has 2 N–H and O–H groups in total. The largest absolute Gasteiger partial charge is 0.440 e. The molecule has 4 rings (SSSR count). The van der Waals surface area contributed by atoms with Crippen LogP contribution in [0, 0.1) is 5.92 Å². The molecule has 2 heterocycles. The van der Waals surface area contributed by atoms with Crippen molar-refractivity contribution in [2.24, 2.45) is 5.92 Å². The minimum absolute atomic E-state index is 0.0883. The van der Waals surface area contributed by atoms with Crippen molar-refractivity contribution in [2.75, 3.05) is 18.4 Å². The molecule has 1 aromatic carbocycles. The Labute approximate surface area is 141 Å². The molecule has 1 saturated carbocycles. The van der Waals surface area contributed by atoms with E-state index in [9.17, 15) is 4.79 Å². The Morgan fingerprint density at radius 3 is 2.79 bits per heavy atom. The van der Waals surface area contributed by atoms with Gasteiger partial charge in [0.1, 0.15) is 0 Å². The molecule has 2 aromatic rings. The van der Waals surface area contributed by atoms with Gasteiger partial charge in [-0.3, -0.25) is 4.79 Å². The van der Waals surface area contributed by atoms with Crippen LogP contribution in [0.1, 0.15) is 43.9 Å². The highest BCUT2D eigenvalue weighted by Crippen LogP contribution is 2.40. The lowest BCUT2D eigenvalue weighted by atomic mass is 10.0. The predicted molar refractivity (Wildman–Crippen MR) is 92.8 cm³/mol. The molecule has 126 valence electrons. The number of nitrogens with one attached hydrogen (secondary N) is 2. The van der Waals surface area contributed by atoms with E-state index in [1.807, 2.05) is 24.3 Å². The van der Waals surface area contributed by atoms with Gasteiger partial charge in [-0.1, -0.05) is 0 Å². The van der Waals surface area contributed by atoms with E-state index >= 15 is 0 Å². The first kappa shape index (κ1) is 15.4. The Balaban J connectivity index is 1.31. The van der Waals surface area contributed by atoms with Gasteiger partial charge in [-0.15, -0.1) is 0 Å². The molecular weight excluding hydrogens is 302 g/mol. The van der Waals surface area contributed by atoms with Crippen LogP contribution in [0.4, 0.5) is 5.69 Å². The van der Waals surface area contributed by atoms with Crippen LogP contribution in [-0.2, 0) is 4.79 Å². The number of carbonyl (C=O) groups excluding carboxylic acids is 1. The van der Waals surface area contributed by atoms with Crippen LogP contribution in [0.25, 0.3) is 11.3 Å². The highest BCUT2D eigenvalue weighted by atomic mass is 16.4. The number of anilines is 1. The molecular formula is C19H23N3O2. The average Bonchev–Trinajstić information content (AvgIpc) is 3.12. The standard InChI is InChI=1S/C19H23N3O2/c23-18(8-1-13-9-10-20-11-13)22-16-6-4-14(5-7-16)17-12-21-19(24-17)15-2-3-15/h4-7,12-13,15,20H,1-3,8-11H2,(H,22,23). The van der Waals surface area contributed by atoms with Gasteiger partial charge in [0.2, 0.25) is 5.91 Å². The first-order valence-electron chi connectivity index (χ1n) is 8.84. The number of benzene rings is 1. The van der Waals surface area contributed by atoms with Gasteiger partial charge >= 0.3 is 0 Å². The Hall–Kier alpha value is -2.14. The molecule has 1 aliphatic carbocycles. The molecule has 1 saturated heterocycles. The summed E-state index contributed by atoms with van der Waals surface area (Å²) < 4.78 is 5.81. The maximum atomic E-state index is 12.0. The molecule has 24 heavy (non-hydrogen) atoms. The van der Waals surface area contributed by atoms with Crippen LogP contribution < -0.4 is 10.6 Å². The minimum Gasteiger partial charge on any atom is -0.440 e. The van der Waals surface area contributed by atoms with Crippen LogP contribution in [0.15, 0.2) is 34.9 Å². The number of oxazole rings is 1. The molecule has 0 bridgehead atoms. The molecule has 1 aromatic heterocycles. The molecule has 1 atom stereocenters. The fourth-order valence-corrected chi connectivity index (χ4v) is 3.18. The van der Waals surface area contributed by atoms with Crippen molar-refractivity contribution in [3.05, 3.63) is 36.4 Å². The number of amides is 1. The van der Waals surface area contributed by atoms with Gasteiger partial charge < -0.3 is 15.1 Å². The van der Waals surface area contributed by atoms with Gasteiger partial charge in [-0.05, 0) is 69.0 Å². The number of hydrogen-bond donors (Lipinski definition) is 2. The lowest BCUT2D eigenvalue weighted by Crippen LogP contribution is -2.14. The van der Waals surface area contributed by atoms with Gasteiger partial charge in [0, 0.05) is 23.6 Å². The molecule has 2 fully saturated rings. The first-order valence-corrected chi connectivity index (χ1v) is 8.84. The molecule has 5 heteroatoms. The van der Waals surface area contributed by atoms with E-state index in [1.165, 1.54) is 19.3 Å². The molecule has 0 radical (unpaired) electrons. The summed E-state index contributed by atoms with van der Waals surface area (Å²) in [5, 5.41) is 6.31. The predicted octanol–water partition coefficient (Wildman–Crippen LogP) is 3.55. The third kappa shape index (κ3) is 3.67. The lowest BCUT2D eigenvalue weighted by molar-refractivity contribution is -0.116. The normalized spacial score (nSPS) is 20.2. The fraction of sp³-hybridized carbons (Fsp3) is 0.474. The van der Waals surface area contributed by atoms with Gasteiger partial charge in [-0.25, -0.2) is 4.98 Å². The van der Waals surface area contributed by atoms with Crippen molar-refractivity contribution in [3.63, 3.8) is 0 Å². The van der Waals surface area contributed by atoms with E-state index < -0.39 is 0 Å². The monoisotopic (exact) mass is 325 g/mol. The zero-order chi connectivity index (χ0) is 16.4. The summed E-state index contributed by atoms with van der Waals surface area (Å²) in [6.45, 7) is 2.12. The molecule has 2 aliphatic rings. The quantitative estimate of drug-likeness (QED) is 0.852. The molecule has 5 nitrogen and oxygen atoms in total. The van der Waals surface area contributed by atoms with E-state index in [0.29, 0.717) is 18.3 Å². The Kier molecular flexibility index (Phi) is 4.34. The minimum atomic E-state index is 0.0883. The van der Waals surface area contributed by atoms with Crippen LogP contribution in [0.3, 0.4) is 0 Å². The second-order valence-corrected chi connectivity index (χ2v) is 6.86. The van der Waals surface area contributed by atoms with Gasteiger partial charge in [-0.2, -0.15) is 0 Å².